The molecule has 0 aliphatic carbocycles. The Hall–Kier alpha value is -1.94. The molecule has 4 nitrogen and oxygen atoms in total. The Morgan fingerprint density at radius 1 is 1.28 bits per heavy atom. The SMILES string of the molecule is COc1cc(COc2cccc(N)c2)cc(Cl)n1. The Morgan fingerprint density at radius 2 is 2.11 bits per heavy atom. The lowest BCUT2D eigenvalue weighted by Crippen LogP contribution is -1.98. The Kier molecular flexibility index (Phi) is 3.89. The number of halogens is 1. The van der Waals surface area contributed by atoms with Crippen LogP contribution in [0, 0.1) is 0 Å². The highest BCUT2D eigenvalue weighted by Crippen LogP contribution is 2.19. The molecule has 1 aromatic carbocycles. The number of pyridine rings is 1. The monoisotopic (exact) mass is 264 g/mol. The number of hydrogen-bond donors (Lipinski definition) is 1. The quantitative estimate of drug-likeness (QED) is 0.681. The summed E-state index contributed by atoms with van der Waals surface area (Å²) in [5.74, 6) is 1.18. The van der Waals surface area contributed by atoms with Crippen LogP contribution in [0.15, 0.2) is 36.4 Å². The molecular formula is C13H13ClN2O2. The van der Waals surface area contributed by atoms with Gasteiger partial charge in [0.1, 0.15) is 17.5 Å². The van der Waals surface area contributed by atoms with Crippen LogP contribution in [0.25, 0.3) is 0 Å². The maximum absolute atomic E-state index is 5.87. The van der Waals surface area contributed by atoms with Crippen molar-refractivity contribution in [3.63, 3.8) is 0 Å². The normalized spacial score (nSPS) is 10.1. The van der Waals surface area contributed by atoms with E-state index in [0.717, 1.165) is 5.56 Å². The maximum Gasteiger partial charge on any atom is 0.214 e. The third-order valence-corrected chi connectivity index (χ3v) is 2.50. The highest BCUT2D eigenvalue weighted by atomic mass is 35.5. The Labute approximate surface area is 110 Å². The molecular weight excluding hydrogens is 252 g/mol. The van der Waals surface area contributed by atoms with E-state index in [9.17, 15) is 0 Å². The number of anilines is 1. The lowest BCUT2D eigenvalue weighted by atomic mass is 10.3. The molecule has 0 aliphatic heterocycles. The summed E-state index contributed by atoms with van der Waals surface area (Å²) >= 11 is 5.87. The van der Waals surface area contributed by atoms with Crippen molar-refractivity contribution in [1.82, 2.24) is 4.98 Å². The van der Waals surface area contributed by atoms with Crippen LogP contribution in [0.3, 0.4) is 0 Å². The predicted molar refractivity (Wildman–Crippen MR) is 71.0 cm³/mol. The molecule has 5 heteroatoms. The Morgan fingerprint density at radius 3 is 2.83 bits per heavy atom. The molecule has 0 saturated carbocycles. The van der Waals surface area contributed by atoms with Gasteiger partial charge in [0.05, 0.1) is 7.11 Å². The van der Waals surface area contributed by atoms with Gasteiger partial charge >= 0.3 is 0 Å². The smallest absolute Gasteiger partial charge is 0.214 e. The van der Waals surface area contributed by atoms with Crippen molar-refractivity contribution >= 4 is 17.3 Å². The van der Waals surface area contributed by atoms with Gasteiger partial charge in [-0.15, -0.1) is 0 Å². The molecule has 18 heavy (non-hydrogen) atoms. The minimum atomic E-state index is 0.375. The number of nitrogens with zero attached hydrogens (tertiary/aromatic N) is 1. The minimum absolute atomic E-state index is 0.375. The van der Waals surface area contributed by atoms with Crippen LogP contribution in [0.4, 0.5) is 5.69 Å². The second-order valence-corrected chi connectivity index (χ2v) is 4.09. The molecule has 0 saturated heterocycles. The summed E-state index contributed by atoms with van der Waals surface area (Å²) in [7, 11) is 1.54. The molecule has 0 radical (unpaired) electrons. The van der Waals surface area contributed by atoms with Gasteiger partial charge < -0.3 is 15.2 Å². The van der Waals surface area contributed by atoms with E-state index < -0.39 is 0 Å². The topological polar surface area (TPSA) is 57.4 Å². The Balaban J connectivity index is 2.08. The molecule has 2 N–H and O–H groups in total. The fraction of sp³-hybridized carbons (Fsp3) is 0.154. The van der Waals surface area contributed by atoms with Gasteiger partial charge in [0.2, 0.25) is 5.88 Å². The van der Waals surface area contributed by atoms with Crippen LogP contribution in [0.5, 0.6) is 11.6 Å². The zero-order chi connectivity index (χ0) is 13.0. The first kappa shape index (κ1) is 12.5. The van der Waals surface area contributed by atoms with Gasteiger partial charge in [-0.2, -0.15) is 0 Å². The second kappa shape index (κ2) is 5.60. The standard InChI is InChI=1S/C13H13ClN2O2/c1-17-13-6-9(5-12(14)16-13)8-18-11-4-2-3-10(15)7-11/h2-7H,8,15H2,1H3. The van der Waals surface area contributed by atoms with E-state index in [1.54, 1.807) is 31.4 Å². The third-order valence-electron chi connectivity index (χ3n) is 2.30. The van der Waals surface area contributed by atoms with E-state index in [2.05, 4.69) is 4.98 Å². The number of aromatic nitrogens is 1. The average Bonchev–Trinajstić information content (AvgIpc) is 2.36. The average molecular weight is 265 g/mol. The van der Waals surface area contributed by atoms with Crippen molar-refractivity contribution < 1.29 is 9.47 Å². The van der Waals surface area contributed by atoms with Gasteiger partial charge in [0.15, 0.2) is 0 Å². The van der Waals surface area contributed by atoms with E-state index in [1.807, 2.05) is 12.1 Å². The summed E-state index contributed by atoms with van der Waals surface area (Å²) < 4.78 is 10.6. The van der Waals surface area contributed by atoms with E-state index >= 15 is 0 Å². The number of hydrogen-bond acceptors (Lipinski definition) is 4. The first-order valence-electron chi connectivity index (χ1n) is 5.36. The van der Waals surface area contributed by atoms with Crippen LogP contribution in [0.1, 0.15) is 5.56 Å². The van der Waals surface area contributed by atoms with Gasteiger partial charge in [-0.05, 0) is 23.8 Å². The van der Waals surface area contributed by atoms with Crippen molar-refractivity contribution in [2.75, 3.05) is 12.8 Å². The molecule has 94 valence electrons. The fourth-order valence-electron chi connectivity index (χ4n) is 1.48. The second-order valence-electron chi connectivity index (χ2n) is 3.70. The number of ether oxygens (including phenoxy) is 2. The molecule has 0 atom stereocenters. The van der Waals surface area contributed by atoms with Crippen LogP contribution < -0.4 is 15.2 Å². The van der Waals surface area contributed by atoms with Crippen LogP contribution in [-0.4, -0.2) is 12.1 Å². The number of rotatable bonds is 4. The van der Waals surface area contributed by atoms with E-state index in [1.165, 1.54) is 0 Å². The van der Waals surface area contributed by atoms with Gasteiger partial charge in [-0.3, -0.25) is 0 Å². The predicted octanol–water partition coefficient (Wildman–Crippen LogP) is 2.90. The van der Waals surface area contributed by atoms with E-state index in [0.29, 0.717) is 29.1 Å². The lowest BCUT2D eigenvalue weighted by Gasteiger charge is -2.08. The molecule has 0 fully saturated rings. The van der Waals surface area contributed by atoms with Crippen LogP contribution in [-0.2, 0) is 6.61 Å². The van der Waals surface area contributed by atoms with Crippen molar-refractivity contribution in [1.29, 1.82) is 0 Å². The summed E-state index contributed by atoms with van der Waals surface area (Å²) in [5, 5.41) is 0.375. The molecule has 0 amide bonds. The zero-order valence-electron chi connectivity index (χ0n) is 9.89. The first-order valence-corrected chi connectivity index (χ1v) is 5.74. The zero-order valence-corrected chi connectivity index (χ0v) is 10.6. The summed E-state index contributed by atoms with van der Waals surface area (Å²) in [6.45, 7) is 0.377. The molecule has 2 aromatic rings. The largest absolute Gasteiger partial charge is 0.489 e. The maximum atomic E-state index is 5.87. The number of benzene rings is 1. The molecule has 0 spiro atoms. The minimum Gasteiger partial charge on any atom is -0.489 e. The van der Waals surface area contributed by atoms with Gasteiger partial charge in [0.25, 0.3) is 0 Å². The first-order chi connectivity index (χ1) is 8.67. The van der Waals surface area contributed by atoms with Crippen LogP contribution in [0.2, 0.25) is 5.15 Å². The highest BCUT2D eigenvalue weighted by Gasteiger charge is 2.02. The fourth-order valence-corrected chi connectivity index (χ4v) is 1.71. The van der Waals surface area contributed by atoms with Gasteiger partial charge in [0, 0.05) is 17.8 Å². The van der Waals surface area contributed by atoms with Crippen LogP contribution >= 0.6 is 11.6 Å². The number of methoxy groups -OCH3 is 1. The van der Waals surface area contributed by atoms with Gasteiger partial charge in [-0.1, -0.05) is 17.7 Å². The molecule has 0 unspecified atom stereocenters. The summed E-state index contributed by atoms with van der Waals surface area (Å²) in [6.07, 6.45) is 0. The van der Waals surface area contributed by atoms with Crippen molar-refractivity contribution in [2.45, 2.75) is 6.61 Å². The third kappa shape index (κ3) is 3.28. The number of nitrogen functional groups attached to an aromatic ring is 1. The molecule has 0 bridgehead atoms. The molecule has 1 heterocycles. The Bertz CT molecular complexity index is 546. The lowest BCUT2D eigenvalue weighted by molar-refractivity contribution is 0.305. The van der Waals surface area contributed by atoms with Gasteiger partial charge in [-0.25, -0.2) is 4.98 Å². The summed E-state index contributed by atoms with van der Waals surface area (Å²) in [4.78, 5) is 3.99. The molecule has 2 rings (SSSR count). The molecule has 0 aliphatic rings. The van der Waals surface area contributed by atoms with Crippen molar-refractivity contribution in [2.24, 2.45) is 0 Å². The highest BCUT2D eigenvalue weighted by molar-refractivity contribution is 6.29. The van der Waals surface area contributed by atoms with E-state index in [-0.39, 0.29) is 0 Å². The van der Waals surface area contributed by atoms with Crippen molar-refractivity contribution in [3.8, 4) is 11.6 Å². The summed E-state index contributed by atoms with van der Waals surface area (Å²) in [6, 6.07) is 10.8. The molecule has 1 aromatic heterocycles. The number of nitrogens with two attached hydrogens (primary N) is 1. The van der Waals surface area contributed by atoms with Crippen molar-refractivity contribution in [3.05, 3.63) is 47.1 Å². The van der Waals surface area contributed by atoms with E-state index in [4.69, 9.17) is 26.8 Å². The summed E-state index contributed by atoms with van der Waals surface area (Å²) in [5.41, 5.74) is 7.21.